The van der Waals surface area contributed by atoms with Crippen molar-refractivity contribution in [2.24, 2.45) is 5.92 Å². The Bertz CT molecular complexity index is 751. The molecule has 1 fully saturated rings. The average Bonchev–Trinajstić information content (AvgIpc) is 2.69. The Balaban J connectivity index is 1.57. The third-order valence-corrected chi connectivity index (χ3v) is 4.47. The van der Waals surface area contributed by atoms with Crippen LogP contribution in [0.5, 0.6) is 0 Å². The van der Waals surface area contributed by atoms with E-state index in [1.165, 1.54) is 0 Å². The first-order chi connectivity index (χ1) is 12.5. The Hall–Kier alpha value is -2.89. The van der Waals surface area contributed by atoms with Crippen molar-refractivity contribution in [3.8, 4) is 0 Å². The van der Waals surface area contributed by atoms with Gasteiger partial charge in [-0.2, -0.15) is 0 Å². The van der Waals surface area contributed by atoms with Gasteiger partial charge in [-0.25, -0.2) is 0 Å². The predicted molar refractivity (Wildman–Crippen MR) is 102 cm³/mol. The van der Waals surface area contributed by atoms with Crippen LogP contribution in [0.4, 0.5) is 11.4 Å². The Morgan fingerprint density at radius 2 is 1.69 bits per heavy atom. The van der Waals surface area contributed by atoms with Crippen LogP contribution in [0.15, 0.2) is 48.7 Å². The van der Waals surface area contributed by atoms with Gasteiger partial charge in [0.2, 0.25) is 5.91 Å². The molecular formula is C20H24N4O2. The zero-order valence-corrected chi connectivity index (χ0v) is 15.2. The van der Waals surface area contributed by atoms with Gasteiger partial charge in [0.1, 0.15) is 5.69 Å². The van der Waals surface area contributed by atoms with E-state index >= 15 is 0 Å². The molecule has 1 N–H and O–H groups in total. The molecule has 2 heterocycles. The van der Waals surface area contributed by atoms with Crippen LogP contribution in [0, 0.1) is 5.92 Å². The van der Waals surface area contributed by atoms with Crippen LogP contribution >= 0.6 is 0 Å². The maximum absolute atomic E-state index is 12.1. The number of nitrogens with one attached hydrogen (secondary N) is 1. The topological polar surface area (TPSA) is 65.5 Å². The molecule has 26 heavy (non-hydrogen) atoms. The highest BCUT2D eigenvalue weighted by Gasteiger charge is 2.22. The van der Waals surface area contributed by atoms with E-state index in [2.05, 4.69) is 15.2 Å². The van der Waals surface area contributed by atoms with E-state index < -0.39 is 0 Å². The highest BCUT2D eigenvalue weighted by molar-refractivity contribution is 6.02. The quantitative estimate of drug-likeness (QED) is 0.919. The molecule has 0 spiro atoms. The number of hydrogen-bond donors (Lipinski definition) is 1. The SMILES string of the molecule is CC(C)C(=O)N1CCN(c2ccc(NC(=O)c3ccccn3)cc2)CC1. The zero-order valence-electron chi connectivity index (χ0n) is 15.2. The van der Waals surface area contributed by atoms with Crippen molar-refractivity contribution in [2.75, 3.05) is 36.4 Å². The maximum Gasteiger partial charge on any atom is 0.274 e. The molecule has 0 unspecified atom stereocenters. The van der Waals surface area contributed by atoms with E-state index in [-0.39, 0.29) is 17.7 Å². The fourth-order valence-electron chi connectivity index (χ4n) is 3.00. The van der Waals surface area contributed by atoms with Crippen LogP contribution < -0.4 is 10.2 Å². The van der Waals surface area contributed by atoms with E-state index in [1.807, 2.05) is 43.0 Å². The minimum absolute atomic E-state index is 0.0450. The van der Waals surface area contributed by atoms with Gasteiger partial charge in [0.25, 0.3) is 5.91 Å². The van der Waals surface area contributed by atoms with Crippen molar-refractivity contribution in [1.82, 2.24) is 9.88 Å². The molecule has 6 heteroatoms. The minimum atomic E-state index is -0.223. The lowest BCUT2D eigenvalue weighted by Crippen LogP contribution is -2.49. The molecule has 136 valence electrons. The van der Waals surface area contributed by atoms with Gasteiger partial charge in [-0.1, -0.05) is 19.9 Å². The number of anilines is 2. The van der Waals surface area contributed by atoms with Gasteiger partial charge in [-0.05, 0) is 36.4 Å². The maximum atomic E-state index is 12.1. The summed E-state index contributed by atoms with van der Waals surface area (Å²) in [6.07, 6.45) is 1.60. The standard InChI is InChI=1S/C20H24N4O2/c1-15(2)20(26)24-13-11-23(12-14-24)17-8-6-16(7-9-17)22-19(25)18-5-3-4-10-21-18/h3-10,15H,11-14H2,1-2H3,(H,22,25). The zero-order chi connectivity index (χ0) is 18.5. The van der Waals surface area contributed by atoms with Crippen molar-refractivity contribution < 1.29 is 9.59 Å². The van der Waals surface area contributed by atoms with Crippen molar-refractivity contribution >= 4 is 23.2 Å². The third-order valence-electron chi connectivity index (χ3n) is 4.47. The number of nitrogens with zero attached hydrogens (tertiary/aromatic N) is 3. The van der Waals surface area contributed by atoms with Crippen molar-refractivity contribution in [3.05, 3.63) is 54.4 Å². The number of pyridine rings is 1. The normalized spacial score (nSPS) is 14.4. The van der Waals surface area contributed by atoms with Crippen LogP contribution in [0.3, 0.4) is 0 Å². The Labute approximate surface area is 153 Å². The van der Waals surface area contributed by atoms with E-state index in [9.17, 15) is 9.59 Å². The summed E-state index contributed by atoms with van der Waals surface area (Å²) in [5, 5.41) is 2.85. The molecule has 0 radical (unpaired) electrons. The van der Waals surface area contributed by atoms with Gasteiger partial charge < -0.3 is 15.1 Å². The van der Waals surface area contributed by atoms with Crippen LogP contribution in [0.1, 0.15) is 24.3 Å². The molecular weight excluding hydrogens is 328 g/mol. The molecule has 2 amide bonds. The minimum Gasteiger partial charge on any atom is -0.368 e. The average molecular weight is 352 g/mol. The molecule has 3 rings (SSSR count). The first kappa shape index (κ1) is 17.9. The number of hydrogen-bond acceptors (Lipinski definition) is 4. The molecule has 1 aliphatic heterocycles. The van der Waals surface area contributed by atoms with Crippen molar-refractivity contribution in [1.29, 1.82) is 0 Å². The Morgan fingerprint density at radius 3 is 2.27 bits per heavy atom. The van der Waals surface area contributed by atoms with Crippen LogP contribution in [-0.4, -0.2) is 47.9 Å². The van der Waals surface area contributed by atoms with Crippen molar-refractivity contribution in [2.45, 2.75) is 13.8 Å². The smallest absolute Gasteiger partial charge is 0.274 e. The predicted octanol–water partition coefficient (Wildman–Crippen LogP) is 2.64. The first-order valence-electron chi connectivity index (χ1n) is 8.91. The molecule has 0 atom stereocenters. The Kier molecular flexibility index (Phi) is 5.51. The number of aromatic nitrogens is 1. The summed E-state index contributed by atoms with van der Waals surface area (Å²) < 4.78 is 0. The van der Waals surface area contributed by atoms with E-state index in [0.29, 0.717) is 5.69 Å². The number of rotatable bonds is 4. The van der Waals surface area contributed by atoms with Gasteiger partial charge in [-0.15, -0.1) is 0 Å². The lowest BCUT2D eigenvalue weighted by atomic mass is 10.1. The van der Waals surface area contributed by atoms with E-state index in [0.717, 1.165) is 37.6 Å². The molecule has 0 bridgehead atoms. The van der Waals surface area contributed by atoms with Gasteiger partial charge in [0.15, 0.2) is 0 Å². The van der Waals surface area contributed by atoms with Gasteiger partial charge >= 0.3 is 0 Å². The van der Waals surface area contributed by atoms with E-state index in [4.69, 9.17) is 0 Å². The van der Waals surface area contributed by atoms with E-state index in [1.54, 1.807) is 24.4 Å². The number of carbonyl (C=O) groups is 2. The molecule has 1 aromatic heterocycles. The van der Waals surface area contributed by atoms with Crippen LogP contribution in [0.25, 0.3) is 0 Å². The van der Waals surface area contributed by atoms with Gasteiger partial charge in [0.05, 0.1) is 0 Å². The molecule has 1 aromatic carbocycles. The summed E-state index contributed by atoms with van der Waals surface area (Å²) in [7, 11) is 0. The molecule has 1 aliphatic rings. The molecule has 0 aliphatic carbocycles. The lowest BCUT2D eigenvalue weighted by Gasteiger charge is -2.37. The van der Waals surface area contributed by atoms with Crippen molar-refractivity contribution in [3.63, 3.8) is 0 Å². The molecule has 1 saturated heterocycles. The number of benzene rings is 1. The summed E-state index contributed by atoms with van der Waals surface area (Å²) >= 11 is 0. The Morgan fingerprint density at radius 1 is 1.00 bits per heavy atom. The second-order valence-corrected chi connectivity index (χ2v) is 6.68. The second-order valence-electron chi connectivity index (χ2n) is 6.68. The number of piperazine rings is 1. The van der Waals surface area contributed by atoms with Gasteiger partial charge in [0, 0.05) is 49.7 Å². The molecule has 6 nitrogen and oxygen atoms in total. The molecule has 0 saturated carbocycles. The summed E-state index contributed by atoms with van der Waals surface area (Å²) in [6.45, 7) is 7.00. The second kappa shape index (κ2) is 7.99. The van der Waals surface area contributed by atoms with Crippen LogP contribution in [0.2, 0.25) is 0 Å². The monoisotopic (exact) mass is 352 g/mol. The third kappa shape index (κ3) is 4.20. The first-order valence-corrected chi connectivity index (χ1v) is 8.91. The number of carbonyl (C=O) groups excluding carboxylic acids is 2. The summed E-state index contributed by atoms with van der Waals surface area (Å²) in [4.78, 5) is 32.4. The fourth-order valence-corrected chi connectivity index (χ4v) is 3.00. The fraction of sp³-hybridized carbons (Fsp3) is 0.350. The highest BCUT2D eigenvalue weighted by Crippen LogP contribution is 2.20. The molecule has 2 aromatic rings. The van der Waals surface area contributed by atoms with Crippen LogP contribution in [-0.2, 0) is 4.79 Å². The van der Waals surface area contributed by atoms with Gasteiger partial charge in [-0.3, -0.25) is 14.6 Å². The largest absolute Gasteiger partial charge is 0.368 e. The lowest BCUT2D eigenvalue weighted by molar-refractivity contribution is -0.134. The highest BCUT2D eigenvalue weighted by atomic mass is 16.2. The summed E-state index contributed by atoms with van der Waals surface area (Å²) in [6, 6.07) is 13.0. The summed E-state index contributed by atoms with van der Waals surface area (Å²) in [5.41, 5.74) is 2.22. The summed E-state index contributed by atoms with van der Waals surface area (Å²) in [5.74, 6) is 0.0416. The number of amides is 2.